The largest absolute Gasteiger partial charge is 0.351 e. The third kappa shape index (κ3) is 2.38. The maximum atomic E-state index is 13.9. The van der Waals surface area contributed by atoms with Crippen LogP contribution in [0.1, 0.15) is 10.4 Å². The lowest BCUT2D eigenvalue weighted by Gasteiger charge is -2.04. The van der Waals surface area contributed by atoms with E-state index in [1.807, 2.05) is 5.43 Å². The second-order valence-corrected chi connectivity index (χ2v) is 5.58. The topological polar surface area (TPSA) is 70.9 Å². The predicted octanol–water partition coefficient (Wildman–Crippen LogP) is 3.48. The molecular weight excluding hydrogens is 356 g/mol. The van der Waals surface area contributed by atoms with Gasteiger partial charge in [0.15, 0.2) is 0 Å². The van der Waals surface area contributed by atoms with Gasteiger partial charge in [0.1, 0.15) is 11.6 Å². The Bertz CT molecular complexity index is 875. The zero-order chi connectivity index (χ0) is 15.9. The Morgan fingerprint density at radius 2 is 1.86 bits per heavy atom. The third-order valence-electron chi connectivity index (χ3n) is 3.32. The van der Waals surface area contributed by atoms with Crippen LogP contribution in [-0.4, -0.2) is 10.9 Å². The van der Waals surface area contributed by atoms with E-state index in [1.165, 1.54) is 0 Å². The highest BCUT2D eigenvalue weighted by atomic mass is 79.9. The van der Waals surface area contributed by atoms with Crippen LogP contribution in [-0.2, 0) is 0 Å². The van der Waals surface area contributed by atoms with Gasteiger partial charge in [-0.05, 0) is 23.8 Å². The van der Waals surface area contributed by atoms with Crippen LogP contribution in [0.15, 0.2) is 40.9 Å². The van der Waals surface area contributed by atoms with Crippen LogP contribution in [0.3, 0.4) is 0 Å². The van der Waals surface area contributed by atoms with Crippen LogP contribution < -0.4 is 11.3 Å². The van der Waals surface area contributed by atoms with Crippen molar-refractivity contribution in [3.63, 3.8) is 0 Å². The minimum absolute atomic E-state index is 0.0536. The molecule has 3 rings (SSSR count). The molecule has 0 radical (unpaired) electrons. The van der Waals surface area contributed by atoms with Gasteiger partial charge in [-0.15, -0.1) is 0 Å². The lowest BCUT2D eigenvalue weighted by atomic mass is 10.0. The number of hydrogen-bond acceptors (Lipinski definition) is 2. The number of benzene rings is 2. The molecule has 4 nitrogen and oxygen atoms in total. The van der Waals surface area contributed by atoms with Gasteiger partial charge in [-0.25, -0.2) is 14.6 Å². The van der Waals surface area contributed by atoms with Crippen molar-refractivity contribution < 1.29 is 13.6 Å². The summed E-state index contributed by atoms with van der Waals surface area (Å²) in [5, 5.41) is 0.137. The highest BCUT2D eigenvalue weighted by molar-refractivity contribution is 9.10. The number of nitrogens with one attached hydrogen (secondary N) is 2. The van der Waals surface area contributed by atoms with Crippen molar-refractivity contribution >= 4 is 32.7 Å². The third-order valence-corrected chi connectivity index (χ3v) is 3.84. The zero-order valence-corrected chi connectivity index (χ0v) is 12.7. The van der Waals surface area contributed by atoms with Gasteiger partial charge in [-0.2, -0.15) is 0 Å². The first-order valence-corrected chi connectivity index (χ1v) is 7.08. The number of nitrogen functional groups attached to an aromatic ring is 1. The van der Waals surface area contributed by atoms with Crippen LogP contribution in [0.2, 0.25) is 0 Å². The number of fused-ring (bicyclic) bond motifs is 1. The van der Waals surface area contributed by atoms with E-state index in [0.717, 1.165) is 16.6 Å². The van der Waals surface area contributed by atoms with Gasteiger partial charge in [0.2, 0.25) is 0 Å². The quantitative estimate of drug-likeness (QED) is 0.369. The molecule has 0 saturated heterocycles. The Kier molecular flexibility index (Phi) is 3.67. The molecule has 1 heterocycles. The van der Waals surface area contributed by atoms with Crippen LogP contribution in [0.4, 0.5) is 8.78 Å². The maximum absolute atomic E-state index is 13.9. The summed E-state index contributed by atoms with van der Waals surface area (Å²) in [6.07, 6.45) is 0. The maximum Gasteiger partial charge on any atom is 0.268 e. The Morgan fingerprint density at radius 1 is 1.18 bits per heavy atom. The molecule has 0 bridgehead atoms. The molecular formula is C15H10BrF2N3O. The molecule has 1 aromatic heterocycles. The smallest absolute Gasteiger partial charge is 0.268 e. The monoisotopic (exact) mass is 365 g/mol. The SMILES string of the molecule is NNC(=O)c1c(-c2ccc(Br)cc2)[nH]c2c(F)cc(F)cc12. The van der Waals surface area contributed by atoms with E-state index in [9.17, 15) is 13.6 Å². The fourth-order valence-electron chi connectivity index (χ4n) is 2.36. The van der Waals surface area contributed by atoms with Gasteiger partial charge < -0.3 is 4.98 Å². The van der Waals surface area contributed by atoms with Crippen molar-refractivity contribution in [3.8, 4) is 11.3 Å². The number of aromatic amines is 1. The minimum atomic E-state index is -0.774. The second kappa shape index (κ2) is 5.51. The number of carbonyl (C=O) groups is 1. The van der Waals surface area contributed by atoms with E-state index in [2.05, 4.69) is 20.9 Å². The number of H-pyrrole nitrogens is 1. The Morgan fingerprint density at radius 3 is 2.50 bits per heavy atom. The predicted molar refractivity (Wildman–Crippen MR) is 83.0 cm³/mol. The number of hydrogen-bond donors (Lipinski definition) is 3. The summed E-state index contributed by atoms with van der Waals surface area (Å²) in [5.41, 5.74) is 3.18. The lowest BCUT2D eigenvalue weighted by molar-refractivity contribution is 0.0956. The minimum Gasteiger partial charge on any atom is -0.351 e. The number of aromatic nitrogens is 1. The number of amides is 1. The molecule has 0 fully saturated rings. The molecule has 0 aliphatic rings. The Balaban J connectivity index is 2.36. The standard InChI is InChI=1S/C15H10BrF2N3O/c16-8-3-1-7(2-4-8)13-12(15(22)21-19)10-5-9(17)6-11(18)14(10)20-13/h1-6,20H,19H2,(H,21,22). The first kappa shape index (κ1) is 14.7. The molecule has 4 N–H and O–H groups in total. The first-order chi connectivity index (χ1) is 10.5. The molecule has 0 atom stereocenters. The van der Waals surface area contributed by atoms with Gasteiger partial charge in [-0.3, -0.25) is 10.2 Å². The molecule has 112 valence electrons. The van der Waals surface area contributed by atoms with Crippen LogP contribution in [0.25, 0.3) is 22.2 Å². The highest BCUT2D eigenvalue weighted by Gasteiger charge is 2.21. The van der Waals surface area contributed by atoms with E-state index in [0.29, 0.717) is 11.3 Å². The van der Waals surface area contributed by atoms with Gasteiger partial charge in [0, 0.05) is 15.9 Å². The normalized spacial score (nSPS) is 10.9. The van der Waals surface area contributed by atoms with E-state index in [1.54, 1.807) is 24.3 Å². The van der Waals surface area contributed by atoms with E-state index < -0.39 is 17.5 Å². The number of rotatable bonds is 2. The molecule has 22 heavy (non-hydrogen) atoms. The van der Waals surface area contributed by atoms with E-state index >= 15 is 0 Å². The van der Waals surface area contributed by atoms with Gasteiger partial charge >= 0.3 is 0 Å². The van der Waals surface area contributed by atoms with Crippen molar-refractivity contribution in [2.45, 2.75) is 0 Å². The number of halogens is 3. The molecule has 0 unspecified atom stereocenters. The molecule has 0 aliphatic heterocycles. The van der Waals surface area contributed by atoms with E-state index in [4.69, 9.17) is 5.84 Å². The fraction of sp³-hybridized carbons (Fsp3) is 0. The average molecular weight is 366 g/mol. The van der Waals surface area contributed by atoms with Crippen LogP contribution in [0.5, 0.6) is 0 Å². The summed E-state index contributed by atoms with van der Waals surface area (Å²) in [6, 6.07) is 8.91. The molecule has 0 saturated carbocycles. The Labute approximate surface area is 132 Å². The molecule has 7 heteroatoms. The Hall–Kier alpha value is -2.25. The molecule has 1 amide bonds. The summed E-state index contributed by atoms with van der Waals surface area (Å²) < 4.78 is 28.3. The number of carbonyl (C=O) groups excluding carboxylic acids is 1. The van der Waals surface area contributed by atoms with Crippen LogP contribution in [0, 0.1) is 11.6 Å². The summed E-state index contributed by atoms with van der Waals surface area (Å²) in [6.45, 7) is 0. The van der Waals surface area contributed by atoms with Crippen molar-refractivity contribution in [2.75, 3.05) is 0 Å². The van der Waals surface area contributed by atoms with E-state index in [-0.39, 0.29) is 16.5 Å². The highest BCUT2D eigenvalue weighted by Crippen LogP contribution is 2.32. The summed E-state index contributed by atoms with van der Waals surface area (Å²) in [5.74, 6) is 3.02. The number of nitrogens with two attached hydrogens (primary N) is 1. The van der Waals surface area contributed by atoms with Gasteiger partial charge in [0.25, 0.3) is 5.91 Å². The average Bonchev–Trinajstić information content (AvgIpc) is 2.87. The van der Waals surface area contributed by atoms with Gasteiger partial charge in [0.05, 0.1) is 16.8 Å². The molecule has 0 aliphatic carbocycles. The first-order valence-electron chi connectivity index (χ1n) is 6.29. The summed E-state index contributed by atoms with van der Waals surface area (Å²) in [7, 11) is 0. The second-order valence-electron chi connectivity index (χ2n) is 4.67. The van der Waals surface area contributed by atoms with Gasteiger partial charge in [-0.1, -0.05) is 28.1 Å². The van der Waals surface area contributed by atoms with Crippen molar-refractivity contribution in [2.24, 2.45) is 5.84 Å². The molecule has 2 aromatic carbocycles. The molecule has 0 spiro atoms. The van der Waals surface area contributed by atoms with Crippen LogP contribution >= 0.6 is 15.9 Å². The van der Waals surface area contributed by atoms with Crippen molar-refractivity contribution in [1.29, 1.82) is 0 Å². The summed E-state index contributed by atoms with van der Waals surface area (Å²) in [4.78, 5) is 14.9. The number of hydrazine groups is 1. The lowest BCUT2D eigenvalue weighted by Crippen LogP contribution is -2.30. The van der Waals surface area contributed by atoms with Crippen molar-refractivity contribution in [3.05, 3.63) is 58.1 Å². The summed E-state index contributed by atoms with van der Waals surface area (Å²) >= 11 is 3.32. The molecule has 3 aromatic rings. The zero-order valence-electron chi connectivity index (χ0n) is 11.1. The fourth-order valence-corrected chi connectivity index (χ4v) is 2.63. The van der Waals surface area contributed by atoms with Crippen molar-refractivity contribution in [1.82, 2.24) is 10.4 Å².